The number of hydrogen-bond acceptors (Lipinski definition) is 5. The third kappa shape index (κ3) is 2.73. The zero-order chi connectivity index (χ0) is 13.0. The Bertz CT molecular complexity index is 577. The number of aromatic nitrogens is 4. The predicted molar refractivity (Wildman–Crippen MR) is 71.8 cm³/mol. The monoisotopic (exact) mass is 265 g/mol. The van der Waals surface area contributed by atoms with E-state index in [0.717, 1.165) is 17.9 Å². The van der Waals surface area contributed by atoms with Gasteiger partial charge in [0.15, 0.2) is 5.16 Å². The van der Waals surface area contributed by atoms with Crippen LogP contribution in [0.15, 0.2) is 28.3 Å². The lowest BCUT2D eigenvalue weighted by atomic mass is 10.3. The van der Waals surface area contributed by atoms with Gasteiger partial charge < -0.3 is 5.32 Å². The molecule has 0 aliphatic carbocycles. The van der Waals surface area contributed by atoms with Gasteiger partial charge in [-0.15, -0.1) is 5.10 Å². The maximum Gasteiger partial charge on any atom is 0.343 e. The third-order valence-corrected chi connectivity index (χ3v) is 3.51. The van der Waals surface area contributed by atoms with Crippen LogP contribution in [0.5, 0.6) is 0 Å². The van der Waals surface area contributed by atoms with E-state index in [2.05, 4.69) is 20.5 Å². The van der Waals surface area contributed by atoms with E-state index in [4.69, 9.17) is 0 Å². The molecule has 18 heavy (non-hydrogen) atoms. The zero-order valence-electron chi connectivity index (χ0n) is 10.3. The number of rotatable bonds is 5. The minimum absolute atomic E-state index is 0.199. The lowest BCUT2D eigenvalue weighted by Gasteiger charge is -2.08. The first-order valence-corrected chi connectivity index (χ1v) is 6.63. The summed E-state index contributed by atoms with van der Waals surface area (Å²) in [6, 6.07) is 3.92. The van der Waals surface area contributed by atoms with Crippen molar-refractivity contribution in [2.45, 2.75) is 17.8 Å². The Balaban J connectivity index is 2.10. The van der Waals surface area contributed by atoms with E-state index in [1.807, 2.05) is 19.1 Å². The summed E-state index contributed by atoms with van der Waals surface area (Å²) in [7, 11) is 1.70. The highest BCUT2D eigenvalue weighted by Gasteiger charge is 2.07. The molecule has 0 aliphatic rings. The highest BCUT2D eigenvalue weighted by molar-refractivity contribution is 7.98. The molecule has 2 aromatic heterocycles. The first-order chi connectivity index (χ1) is 8.72. The summed E-state index contributed by atoms with van der Waals surface area (Å²) in [5.74, 6) is 1.60. The number of H-pyrrole nitrogens is 1. The molecule has 0 fully saturated rings. The maximum atomic E-state index is 11.2. The Kier molecular flexibility index (Phi) is 4.03. The molecule has 0 amide bonds. The van der Waals surface area contributed by atoms with Gasteiger partial charge in [0.1, 0.15) is 5.82 Å². The molecule has 0 unspecified atom stereocenters. The SMILES string of the molecule is CCNc1ncccc1CSc1n[nH]c(=O)n1C. The summed E-state index contributed by atoms with van der Waals surface area (Å²) < 4.78 is 1.49. The van der Waals surface area contributed by atoms with Crippen molar-refractivity contribution in [1.29, 1.82) is 0 Å². The van der Waals surface area contributed by atoms with Crippen molar-refractivity contribution < 1.29 is 0 Å². The molecule has 0 spiro atoms. The molecule has 96 valence electrons. The average molecular weight is 265 g/mol. The van der Waals surface area contributed by atoms with E-state index in [1.54, 1.807) is 13.2 Å². The smallest absolute Gasteiger partial charge is 0.343 e. The fourth-order valence-corrected chi connectivity index (χ4v) is 2.39. The summed E-state index contributed by atoms with van der Waals surface area (Å²) >= 11 is 1.50. The van der Waals surface area contributed by atoms with Crippen molar-refractivity contribution in [2.24, 2.45) is 7.05 Å². The van der Waals surface area contributed by atoms with Crippen molar-refractivity contribution in [3.63, 3.8) is 0 Å². The van der Waals surface area contributed by atoms with Gasteiger partial charge in [-0.05, 0) is 13.0 Å². The van der Waals surface area contributed by atoms with Crippen molar-refractivity contribution in [1.82, 2.24) is 19.7 Å². The molecule has 2 N–H and O–H groups in total. The molecule has 0 aliphatic heterocycles. The Hall–Kier alpha value is -1.76. The normalized spacial score (nSPS) is 10.6. The molecular weight excluding hydrogens is 250 g/mol. The summed E-state index contributed by atoms with van der Waals surface area (Å²) in [4.78, 5) is 15.5. The lowest BCUT2D eigenvalue weighted by molar-refractivity contribution is 0.765. The number of nitrogens with zero attached hydrogens (tertiary/aromatic N) is 3. The number of hydrogen-bond donors (Lipinski definition) is 2. The summed E-state index contributed by atoms with van der Waals surface area (Å²) in [6.45, 7) is 2.86. The molecule has 0 aromatic carbocycles. The Labute approximate surface area is 109 Å². The van der Waals surface area contributed by atoms with Crippen LogP contribution >= 0.6 is 11.8 Å². The van der Waals surface area contributed by atoms with Crippen LogP contribution < -0.4 is 11.0 Å². The maximum absolute atomic E-state index is 11.2. The van der Waals surface area contributed by atoms with Gasteiger partial charge in [-0.3, -0.25) is 4.57 Å². The van der Waals surface area contributed by atoms with Crippen LogP contribution in [0.2, 0.25) is 0 Å². The van der Waals surface area contributed by atoms with Crippen LogP contribution in [-0.4, -0.2) is 26.3 Å². The van der Waals surface area contributed by atoms with E-state index in [0.29, 0.717) is 10.9 Å². The van der Waals surface area contributed by atoms with Gasteiger partial charge in [-0.1, -0.05) is 17.8 Å². The number of anilines is 1. The van der Waals surface area contributed by atoms with E-state index in [-0.39, 0.29) is 5.69 Å². The van der Waals surface area contributed by atoms with Gasteiger partial charge in [-0.2, -0.15) is 0 Å². The predicted octanol–water partition coefficient (Wildman–Crippen LogP) is 1.23. The zero-order valence-corrected chi connectivity index (χ0v) is 11.1. The van der Waals surface area contributed by atoms with Gasteiger partial charge in [0, 0.05) is 31.1 Å². The van der Waals surface area contributed by atoms with Crippen LogP contribution in [0, 0.1) is 0 Å². The molecule has 0 atom stereocenters. The van der Waals surface area contributed by atoms with Crippen molar-refractivity contribution in [2.75, 3.05) is 11.9 Å². The fraction of sp³-hybridized carbons (Fsp3) is 0.364. The molecule has 7 heteroatoms. The highest BCUT2D eigenvalue weighted by Crippen LogP contribution is 2.22. The topological polar surface area (TPSA) is 75.6 Å². The molecule has 2 heterocycles. The second-order valence-corrected chi connectivity index (χ2v) is 4.64. The minimum atomic E-state index is -0.199. The molecule has 0 bridgehead atoms. The molecular formula is C11H15N5OS. The highest BCUT2D eigenvalue weighted by atomic mass is 32.2. The van der Waals surface area contributed by atoms with Crippen LogP contribution in [-0.2, 0) is 12.8 Å². The molecule has 0 saturated heterocycles. The summed E-state index contributed by atoms with van der Waals surface area (Å²) in [5, 5.41) is 10.3. The fourth-order valence-electron chi connectivity index (χ4n) is 1.49. The molecule has 0 radical (unpaired) electrons. The number of thioether (sulfide) groups is 1. The second-order valence-electron chi connectivity index (χ2n) is 3.70. The molecule has 0 saturated carbocycles. The van der Waals surface area contributed by atoms with Crippen molar-refractivity contribution in [3.8, 4) is 0 Å². The van der Waals surface area contributed by atoms with Crippen LogP contribution in [0.1, 0.15) is 12.5 Å². The largest absolute Gasteiger partial charge is 0.370 e. The van der Waals surface area contributed by atoms with Gasteiger partial charge in [0.2, 0.25) is 0 Å². The van der Waals surface area contributed by atoms with Gasteiger partial charge in [0.25, 0.3) is 0 Å². The summed E-state index contributed by atoms with van der Waals surface area (Å²) in [5.41, 5.74) is 0.899. The first-order valence-electron chi connectivity index (χ1n) is 5.64. The molecule has 2 aromatic rings. The quantitative estimate of drug-likeness (QED) is 0.795. The Morgan fingerprint density at radius 2 is 2.39 bits per heavy atom. The molecule has 2 rings (SSSR count). The Morgan fingerprint density at radius 3 is 3.06 bits per heavy atom. The van der Waals surface area contributed by atoms with E-state index >= 15 is 0 Å². The first kappa shape index (κ1) is 12.7. The van der Waals surface area contributed by atoms with Crippen LogP contribution in [0.3, 0.4) is 0 Å². The van der Waals surface area contributed by atoms with Gasteiger partial charge >= 0.3 is 5.69 Å². The summed E-state index contributed by atoms with van der Waals surface area (Å²) in [6.07, 6.45) is 1.76. The Morgan fingerprint density at radius 1 is 1.56 bits per heavy atom. The van der Waals surface area contributed by atoms with E-state index < -0.39 is 0 Å². The van der Waals surface area contributed by atoms with Crippen molar-refractivity contribution >= 4 is 17.6 Å². The standard InChI is InChI=1S/C11H15N5OS/c1-3-12-9-8(5-4-6-13-9)7-18-11-15-14-10(17)16(11)2/h4-6H,3,7H2,1-2H3,(H,12,13)(H,14,17). The number of nitrogens with one attached hydrogen (secondary N) is 2. The molecule has 6 nitrogen and oxygen atoms in total. The average Bonchev–Trinajstić information content (AvgIpc) is 2.70. The van der Waals surface area contributed by atoms with E-state index in [9.17, 15) is 4.79 Å². The van der Waals surface area contributed by atoms with E-state index in [1.165, 1.54) is 16.3 Å². The van der Waals surface area contributed by atoms with Crippen molar-refractivity contribution in [3.05, 3.63) is 34.4 Å². The third-order valence-electron chi connectivity index (χ3n) is 2.43. The second kappa shape index (κ2) is 5.72. The minimum Gasteiger partial charge on any atom is -0.370 e. The van der Waals surface area contributed by atoms with Gasteiger partial charge in [-0.25, -0.2) is 14.9 Å². The van der Waals surface area contributed by atoms with Crippen LogP contribution in [0.4, 0.5) is 5.82 Å². The number of pyridine rings is 1. The van der Waals surface area contributed by atoms with Gasteiger partial charge in [0.05, 0.1) is 0 Å². The lowest BCUT2D eigenvalue weighted by Crippen LogP contribution is -2.12. The van der Waals surface area contributed by atoms with Crippen LogP contribution in [0.25, 0.3) is 0 Å². The number of aromatic amines is 1.